The Kier molecular flexibility index (Phi) is 9.72. The minimum Gasteiger partial charge on any atom is -0.334 e. The van der Waals surface area contributed by atoms with E-state index in [1.807, 2.05) is 24.0 Å². The lowest BCUT2D eigenvalue weighted by Gasteiger charge is -2.39. The fourth-order valence-corrected chi connectivity index (χ4v) is 4.79. The van der Waals surface area contributed by atoms with Crippen molar-refractivity contribution in [2.45, 2.75) is 25.3 Å². The Morgan fingerprint density at radius 1 is 1.32 bits per heavy atom. The summed E-state index contributed by atoms with van der Waals surface area (Å²) in [5.41, 5.74) is 2.87. The number of hydrogen-bond acceptors (Lipinski definition) is 5. The van der Waals surface area contributed by atoms with Crippen molar-refractivity contribution in [2.75, 3.05) is 19.6 Å². The predicted molar refractivity (Wildman–Crippen MR) is 139 cm³/mol. The van der Waals surface area contributed by atoms with Crippen LogP contribution in [-0.4, -0.2) is 46.5 Å². The summed E-state index contributed by atoms with van der Waals surface area (Å²) in [6, 6.07) is 12.1. The van der Waals surface area contributed by atoms with Crippen LogP contribution in [0, 0.1) is 17.3 Å². The van der Waals surface area contributed by atoms with E-state index < -0.39 is 0 Å². The molecule has 0 aromatic heterocycles. The average molecular weight is 518 g/mol. The maximum atomic E-state index is 13.1. The number of piperazine rings is 1. The van der Waals surface area contributed by atoms with Crippen LogP contribution in [0.5, 0.6) is 0 Å². The number of hydrogen-bond donors (Lipinski definition) is 2. The van der Waals surface area contributed by atoms with Gasteiger partial charge in [0, 0.05) is 49.1 Å². The average Bonchev–Trinajstić information content (AvgIpc) is 2.80. The molecule has 0 radical (unpaired) electrons. The molecule has 178 valence electrons. The molecule has 1 aliphatic heterocycles. The number of nitrogens with one attached hydrogen (secondary N) is 2. The molecule has 1 saturated heterocycles. The first-order valence-corrected chi connectivity index (χ1v) is 12.4. The zero-order chi connectivity index (χ0) is 24.5. The van der Waals surface area contributed by atoms with Crippen LogP contribution in [0.25, 0.3) is 6.08 Å². The van der Waals surface area contributed by atoms with Gasteiger partial charge in [-0.1, -0.05) is 29.8 Å². The SMILES string of the molecule is CC1CN(Cc2ccc(F)cc2)CCN1C(=O)C=Cc1cc(Cl)ccc1CSNC(=S)NC#N. The van der Waals surface area contributed by atoms with Crippen LogP contribution in [0.3, 0.4) is 0 Å². The number of amides is 1. The largest absolute Gasteiger partial charge is 0.334 e. The van der Waals surface area contributed by atoms with Crippen LogP contribution in [0.15, 0.2) is 48.5 Å². The summed E-state index contributed by atoms with van der Waals surface area (Å²) >= 11 is 12.5. The summed E-state index contributed by atoms with van der Waals surface area (Å²) < 4.78 is 16.0. The van der Waals surface area contributed by atoms with Gasteiger partial charge in [-0.05, 0) is 78.1 Å². The number of carbonyl (C=O) groups excluding carboxylic acids is 1. The first-order chi connectivity index (χ1) is 16.4. The van der Waals surface area contributed by atoms with Crippen LogP contribution in [0.4, 0.5) is 4.39 Å². The number of benzene rings is 2. The topological polar surface area (TPSA) is 71.4 Å². The van der Waals surface area contributed by atoms with Crippen molar-refractivity contribution in [3.63, 3.8) is 0 Å². The Bertz CT molecular complexity index is 1090. The third kappa shape index (κ3) is 7.71. The van der Waals surface area contributed by atoms with E-state index in [9.17, 15) is 9.18 Å². The van der Waals surface area contributed by atoms with Crippen molar-refractivity contribution in [1.82, 2.24) is 19.8 Å². The number of thiocarbonyl (C=S) groups is 1. The van der Waals surface area contributed by atoms with Crippen LogP contribution in [-0.2, 0) is 17.1 Å². The number of nitrogens with zero attached hydrogens (tertiary/aromatic N) is 3. The van der Waals surface area contributed by atoms with Crippen molar-refractivity contribution in [3.8, 4) is 6.19 Å². The van der Waals surface area contributed by atoms with E-state index >= 15 is 0 Å². The van der Waals surface area contributed by atoms with Crippen molar-refractivity contribution in [1.29, 1.82) is 5.26 Å². The monoisotopic (exact) mass is 517 g/mol. The van der Waals surface area contributed by atoms with Gasteiger partial charge in [-0.3, -0.25) is 15.0 Å². The van der Waals surface area contributed by atoms with E-state index in [1.165, 1.54) is 24.1 Å². The Morgan fingerprint density at radius 3 is 2.79 bits per heavy atom. The van der Waals surface area contributed by atoms with Gasteiger partial charge in [0.15, 0.2) is 11.3 Å². The summed E-state index contributed by atoms with van der Waals surface area (Å²) in [6.07, 6.45) is 5.13. The second kappa shape index (κ2) is 12.7. The minimum absolute atomic E-state index is 0.0509. The third-order valence-corrected chi connectivity index (χ3v) is 6.76. The molecule has 2 aromatic rings. The molecule has 3 rings (SSSR count). The maximum Gasteiger partial charge on any atom is 0.246 e. The number of nitriles is 1. The molecule has 2 N–H and O–H groups in total. The summed E-state index contributed by atoms with van der Waals surface area (Å²) in [6.45, 7) is 4.89. The molecule has 10 heteroatoms. The second-order valence-corrected chi connectivity index (χ2v) is 9.50. The molecule has 2 aromatic carbocycles. The molecular weight excluding hydrogens is 493 g/mol. The van der Waals surface area contributed by atoms with Gasteiger partial charge in [0.25, 0.3) is 0 Å². The van der Waals surface area contributed by atoms with Crippen LogP contribution in [0.1, 0.15) is 23.6 Å². The smallest absolute Gasteiger partial charge is 0.246 e. The molecule has 1 amide bonds. The van der Waals surface area contributed by atoms with Crippen molar-refractivity contribution < 1.29 is 9.18 Å². The van der Waals surface area contributed by atoms with Crippen LogP contribution < -0.4 is 10.0 Å². The molecule has 0 aliphatic carbocycles. The minimum atomic E-state index is -0.239. The van der Waals surface area contributed by atoms with E-state index in [0.717, 1.165) is 36.3 Å². The zero-order valence-electron chi connectivity index (χ0n) is 18.6. The number of carbonyl (C=O) groups is 1. The summed E-state index contributed by atoms with van der Waals surface area (Å²) in [5, 5.41) is 11.8. The zero-order valence-corrected chi connectivity index (χ0v) is 21.0. The molecule has 0 spiro atoms. The third-order valence-electron chi connectivity index (χ3n) is 5.39. The molecule has 1 fully saturated rings. The lowest BCUT2D eigenvalue weighted by molar-refractivity contribution is -0.130. The van der Waals surface area contributed by atoms with Crippen LogP contribution >= 0.6 is 35.8 Å². The van der Waals surface area contributed by atoms with E-state index in [0.29, 0.717) is 17.3 Å². The second-order valence-electron chi connectivity index (χ2n) is 7.88. The highest BCUT2D eigenvalue weighted by atomic mass is 35.5. The fraction of sp³-hybridized carbons (Fsp3) is 0.292. The normalized spacial score (nSPS) is 16.3. The molecule has 1 atom stereocenters. The van der Waals surface area contributed by atoms with Crippen molar-refractivity contribution in [2.24, 2.45) is 0 Å². The van der Waals surface area contributed by atoms with Gasteiger partial charge in [-0.2, -0.15) is 5.26 Å². The van der Waals surface area contributed by atoms with Gasteiger partial charge < -0.3 is 9.62 Å². The molecule has 0 saturated carbocycles. The van der Waals surface area contributed by atoms with Gasteiger partial charge in [0.1, 0.15) is 5.82 Å². The lowest BCUT2D eigenvalue weighted by atomic mass is 10.1. The lowest BCUT2D eigenvalue weighted by Crippen LogP contribution is -2.53. The summed E-state index contributed by atoms with van der Waals surface area (Å²) in [7, 11) is 0. The van der Waals surface area contributed by atoms with E-state index in [4.69, 9.17) is 29.1 Å². The van der Waals surface area contributed by atoms with Crippen molar-refractivity contribution in [3.05, 3.63) is 76.1 Å². The highest BCUT2D eigenvalue weighted by molar-refractivity contribution is 7.98. The van der Waals surface area contributed by atoms with Gasteiger partial charge >= 0.3 is 0 Å². The van der Waals surface area contributed by atoms with Crippen molar-refractivity contribution >= 4 is 52.9 Å². The molecule has 1 unspecified atom stereocenters. The summed E-state index contributed by atoms with van der Waals surface area (Å²) in [4.78, 5) is 17.1. The first-order valence-electron chi connectivity index (χ1n) is 10.7. The molecule has 1 aliphatic rings. The highest BCUT2D eigenvalue weighted by Crippen LogP contribution is 2.22. The van der Waals surface area contributed by atoms with Gasteiger partial charge in [0.05, 0.1) is 0 Å². The summed E-state index contributed by atoms with van der Waals surface area (Å²) in [5.74, 6) is 0.276. The van der Waals surface area contributed by atoms with Gasteiger partial charge in [-0.15, -0.1) is 0 Å². The number of halogens is 2. The quantitative estimate of drug-likeness (QED) is 0.186. The number of rotatable bonds is 7. The van der Waals surface area contributed by atoms with Gasteiger partial charge in [-0.25, -0.2) is 4.39 Å². The van der Waals surface area contributed by atoms with E-state index in [1.54, 1.807) is 36.5 Å². The van der Waals surface area contributed by atoms with E-state index in [-0.39, 0.29) is 22.9 Å². The van der Waals surface area contributed by atoms with E-state index in [2.05, 4.69) is 14.9 Å². The Balaban J connectivity index is 1.57. The van der Waals surface area contributed by atoms with Crippen LogP contribution in [0.2, 0.25) is 5.02 Å². The molecular formula is C24H25ClFN5OS2. The predicted octanol–water partition coefficient (Wildman–Crippen LogP) is 4.32. The first kappa shape index (κ1) is 26.0. The Hall–Kier alpha value is -2.64. The molecule has 34 heavy (non-hydrogen) atoms. The highest BCUT2D eigenvalue weighted by Gasteiger charge is 2.26. The Labute approximate surface area is 213 Å². The van der Waals surface area contributed by atoms with Gasteiger partial charge in [0.2, 0.25) is 5.91 Å². The standard InChI is InChI=1S/C24H25ClFN5OS2/c1-17-13-30(14-18-2-7-22(26)8-3-18)10-11-31(17)23(32)9-5-19-12-21(25)6-4-20(19)15-34-29-24(33)28-16-27/h2-9,12,17H,10-11,13-15H2,1H3,(H2,28,29,33). The molecule has 1 heterocycles. The molecule has 6 nitrogen and oxygen atoms in total. The Morgan fingerprint density at radius 2 is 2.09 bits per heavy atom. The molecule has 0 bridgehead atoms. The maximum absolute atomic E-state index is 13.1. The fourth-order valence-electron chi connectivity index (χ4n) is 3.72.